The van der Waals surface area contributed by atoms with Gasteiger partial charge in [0.05, 0.1) is 0 Å². The summed E-state index contributed by atoms with van der Waals surface area (Å²) in [5, 5.41) is 9.46. The van der Waals surface area contributed by atoms with Crippen molar-refractivity contribution in [1.29, 1.82) is 0 Å². The van der Waals surface area contributed by atoms with Crippen molar-refractivity contribution in [2.24, 2.45) is 11.7 Å². The van der Waals surface area contributed by atoms with E-state index in [4.69, 9.17) is 22.4 Å². The maximum Gasteiger partial charge on any atom is 0.323 e. The molecule has 1 amide bonds. The fourth-order valence-corrected chi connectivity index (χ4v) is 1.75. The van der Waals surface area contributed by atoms with E-state index < -0.39 is 12.5 Å². The third kappa shape index (κ3) is 4.83. The molecule has 0 fully saturated rings. The zero-order chi connectivity index (χ0) is 15.3. The van der Waals surface area contributed by atoms with Crippen LogP contribution < -0.4 is 10.6 Å². The minimum absolute atomic E-state index is 0.105. The number of benzene rings is 1. The largest absolute Gasteiger partial charge is 0.480 e. The van der Waals surface area contributed by atoms with E-state index in [1.807, 2.05) is 13.8 Å². The van der Waals surface area contributed by atoms with Gasteiger partial charge in [0.2, 0.25) is 5.91 Å². The Morgan fingerprint density at radius 3 is 2.30 bits per heavy atom. The minimum atomic E-state index is -1.08. The number of carbonyl (C=O) groups is 2. The highest BCUT2D eigenvalue weighted by Crippen LogP contribution is 2.19. The third-order valence-corrected chi connectivity index (χ3v) is 3.25. The highest BCUT2D eigenvalue weighted by Gasteiger charge is 2.22. The summed E-state index contributed by atoms with van der Waals surface area (Å²) >= 11 is 5.79. The van der Waals surface area contributed by atoms with Gasteiger partial charge in [-0.3, -0.25) is 9.59 Å². The summed E-state index contributed by atoms with van der Waals surface area (Å²) < 4.78 is 0. The number of nitrogens with zero attached hydrogens (tertiary/aromatic N) is 1. The number of amides is 1. The van der Waals surface area contributed by atoms with Crippen LogP contribution in [0.5, 0.6) is 0 Å². The Morgan fingerprint density at radius 1 is 1.30 bits per heavy atom. The van der Waals surface area contributed by atoms with Crippen molar-refractivity contribution < 1.29 is 14.7 Å². The van der Waals surface area contributed by atoms with Gasteiger partial charge in [-0.1, -0.05) is 25.4 Å². The smallest absolute Gasteiger partial charge is 0.323 e. The zero-order valence-electron chi connectivity index (χ0n) is 11.5. The molecule has 20 heavy (non-hydrogen) atoms. The van der Waals surface area contributed by atoms with E-state index in [1.54, 1.807) is 24.3 Å². The number of anilines is 1. The molecule has 3 N–H and O–H groups in total. The van der Waals surface area contributed by atoms with Crippen molar-refractivity contribution >= 4 is 29.2 Å². The second-order valence-electron chi connectivity index (χ2n) is 4.96. The molecule has 1 rings (SSSR count). The van der Waals surface area contributed by atoms with Crippen LogP contribution in [0.3, 0.4) is 0 Å². The number of nitrogens with two attached hydrogens (primary N) is 1. The molecular weight excluding hydrogens is 280 g/mol. The molecule has 0 saturated carbocycles. The average Bonchev–Trinajstić information content (AvgIpc) is 2.36. The van der Waals surface area contributed by atoms with Gasteiger partial charge in [-0.2, -0.15) is 0 Å². The monoisotopic (exact) mass is 298 g/mol. The lowest BCUT2D eigenvalue weighted by molar-refractivity contribution is -0.136. The fourth-order valence-electron chi connectivity index (χ4n) is 1.63. The molecular formula is C14H19ClN2O3. The maximum absolute atomic E-state index is 12.2. The first-order chi connectivity index (χ1) is 9.31. The first-order valence-corrected chi connectivity index (χ1v) is 6.72. The molecule has 0 aromatic heterocycles. The van der Waals surface area contributed by atoms with Crippen LogP contribution in [0.2, 0.25) is 5.02 Å². The second-order valence-corrected chi connectivity index (χ2v) is 5.40. The van der Waals surface area contributed by atoms with Crippen LogP contribution in [0.25, 0.3) is 0 Å². The zero-order valence-corrected chi connectivity index (χ0v) is 12.3. The van der Waals surface area contributed by atoms with E-state index in [0.717, 1.165) is 0 Å². The Balaban J connectivity index is 2.91. The fraction of sp³-hybridized carbons (Fsp3) is 0.429. The van der Waals surface area contributed by atoms with E-state index in [0.29, 0.717) is 10.7 Å². The molecule has 0 aliphatic heterocycles. The highest BCUT2D eigenvalue weighted by molar-refractivity contribution is 6.30. The molecule has 0 saturated heterocycles. The predicted molar refractivity (Wildman–Crippen MR) is 78.9 cm³/mol. The van der Waals surface area contributed by atoms with Crippen LogP contribution in [0.15, 0.2) is 24.3 Å². The normalized spacial score (nSPS) is 12.2. The molecule has 0 radical (unpaired) electrons. The van der Waals surface area contributed by atoms with Gasteiger partial charge in [-0.05, 0) is 30.2 Å². The van der Waals surface area contributed by atoms with Crippen LogP contribution in [0, 0.1) is 5.92 Å². The number of hydrogen-bond donors (Lipinski definition) is 2. The highest BCUT2D eigenvalue weighted by atomic mass is 35.5. The first-order valence-electron chi connectivity index (χ1n) is 6.34. The van der Waals surface area contributed by atoms with E-state index in [1.165, 1.54) is 4.90 Å². The van der Waals surface area contributed by atoms with Crippen LogP contribution in [-0.2, 0) is 9.59 Å². The van der Waals surface area contributed by atoms with Gasteiger partial charge in [0.25, 0.3) is 0 Å². The van der Waals surface area contributed by atoms with Crippen molar-refractivity contribution in [3.05, 3.63) is 29.3 Å². The van der Waals surface area contributed by atoms with Crippen molar-refractivity contribution in [2.75, 3.05) is 11.4 Å². The van der Waals surface area contributed by atoms with Crippen molar-refractivity contribution in [3.63, 3.8) is 0 Å². The SMILES string of the molecule is CC(C)C(N)CC(=O)N(CC(=O)O)c1ccc(Cl)cc1. The third-order valence-electron chi connectivity index (χ3n) is 3.00. The lowest BCUT2D eigenvalue weighted by atomic mass is 10.0. The lowest BCUT2D eigenvalue weighted by Gasteiger charge is -2.24. The molecule has 0 aliphatic rings. The summed E-state index contributed by atoms with van der Waals surface area (Å²) in [6, 6.07) is 6.16. The molecule has 1 atom stereocenters. The Kier molecular flexibility index (Phi) is 5.98. The maximum atomic E-state index is 12.2. The number of aliphatic carboxylic acids is 1. The van der Waals surface area contributed by atoms with Crippen molar-refractivity contribution in [1.82, 2.24) is 0 Å². The molecule has 6 heteroatoms. The Hall–Kier alpha value is -1.59. The summed E-state index contributed by atoms with van der Waals surface area (Å²) in [5.41, 5.74) is 6.37. The van der Waals surface area contributed by atoms with Crippen LogP contribution >= 0.6 is 11.6 Å². The van der Waals surface area contributed by atoms with Gasteiger partial charge >= 0.3 is 5.97 Å². The van der Waals surface area contributed by atoms with Gasteiger partial charge in [0.1, 0.15) is 6.54 Å². The van der Waals surface area contributed by atoms with Crippen molar-refractivity contribution in [3.8, 4) is 0 Å². The Bertz CT molecular complexity index is 474. The summed E-state index contributed by atoms with van der Waals surface area (Å²) in [6.07, 6.45) is 0.105. The van der Waals surface area contributed by atoms with Gasteiger partial charge < -0.3 is 15.7 Å². The number of carbonyl (C=O) groups excluding carboxylic acids is 1. The topological polar surface area (TPSA) is 83.6 Å². The molecule has 1 unspecified atom stereocenters. The molecule has 0 spiro atoms. The Morgan fingerprint density at radius 2 is 1.85 bits per heavy atom. The summed E-state index contributed by atoms with van der Waals surface area (Å²) in [6.45, 7) is 3.44. The van der Waals surface area contributed by atoms with E-state index in [-0.39, 0.29) is 24.3 Å². The lowest BCUT2D eigenvalue weighted by Crippen LogP contribution is -2.40. The first kappa shape index (κ1) is 16.5. The number of hydrogen-bond acceptors (Lipinski definition) is 3. The summed E-state index contributed by atoms with van der Waals surface area (Å²) in [4.78, 5) is 24.4. The number of carboxylic acid groups (broad SMARTS) is 1. The van der Waals surface area contributed by atoms with E-state index in [2.05, 4.69) is 0 Å². The van der Waals surface area contributed by atoms with Crippen molar-refractivity contribution in [2.45, 2.75) is 26.3 Å². The Labute approximate surface area is 123 Å². The van der Waals surface area contributed by atoms with Gasteiger partial charge in [-0.25, -0.2) is 0 Å². The summed E-state index contributed by atoms with van der Waals surface area (Å²) in [7, 11) is 0. The average molecular weight is 299 g/mol. The van der Waals surface area contributed by atoms with Crippen LogP contribution in [0.1, 0.15) is 20.3 Å². The standard InChI is InChI=1S/C14H19ClN2O3/c1-9(2)12(16)7-13(18)17(8-14(19)20)11-5-3-10(15)4-6-11/h3-6,9,12H,7-8,16H2,1-2H3,(H,19,20). The molecule has 110 valence electrons. The number of halogens is 1. The number of carboxylic acids is 1. The summed E-state index contributed by atoms with van der Waals surface area (Å²) in [5.74, 6) is -1.24. The van der Waals surface area contributed by atoms with Gasteiger partial charge in [0.15, 0.2) is 0 Å². The van der Waals surface area contributed by atoms with Crippen LogP contribution in [0.4, 0.5) is 5.69 Å². The van der Waals surface area contributed by atoms with Gasteiger partial charge in [0, 0.05) is 23.2 Å². The van der Waals surface area contributed by atoms with Gasteiger partial charge in [-0.15, -0.1) is 0 Å². The molecule has 5 nitrogen and oxygen atoms in total. The van der Waals surface area contributed by atoms with Crippen LogP contribution in [-0.4, -0.2) is 29.6 Å². The quantitative estimate of drug-likeness (QED) is 0.842. The molecule has 0 bridgehead atoms. The van der Waals surface area contributed by atoms with E-state index in [9.17, 15) is 9.59 Å². The predicted octanol–water partition coefficient (Wildman–Crippen LogP) is 2.13. The van der Waals surface area contributed by atoms with E-state index >= 15 is 0 Å². The molecule has 1 aromatic rings. The molecule has 0 aliphatic carbocycles. The minimum Gasteiger partial charge on any atom is -0.480 e. The second kappa shape index (κ2) is 7.26. The molecule has 0 heterocycles. The number of rotatable bonds is 6. The molecule has 1 aromatic carbocycles.